The zero-order valence-corrected chi connectivity index (χ0v) is 21.0. The molecule has 3 atom stereocenters. The number of hydrogen-bond acceptors (Lipinski definition) is 7. The first kappa shape index (κ1) is 26.6. The number of nitriles is 1. The molecule has 0 spiro atoms. The summed E-state index contributed by atoms with van der Waals surface area (Å²) in [7, 11) is -3.23. The molecule has 0 radical (unpaired) electrons. The van der Waals surface area contributed by atoms with E-state index in [2.05, 4.69) is 16.0 Å². The Morgan fingerprint density at radius 1 is 1.27 bits per heavy atom. The summed E-state index contributed by atoms with van der Waals surface area (Å²) in [4.78, 5) is 20.0. The molecule has 3 aromatic heterocycles. The minimum Gasteiger partial charge on any atom is -0.381 e. The molecule has 1 fully saturated rings. The van der Waals surface area contributed by atoms with Crippen molar-refractivity contribution < 1.29 is 31.1 Å². The van der Waals surface area contributed by atoms with Gasteiger partial charge >= 0.3 is 6.18 Å². The second kappa shape index (κ2) is 9.75. The van der Waals surface area contributed by atoms with E-state index in [0.29, 0.717) is 35.6 Å². The third-order valence-electron chi connectivity index (χ3n) is 6.60. The van der Waals surface area contributed by atoms with E-state index in [1.807, 2.05) is 4.57 Å². The summed E-state index contributed by atoms with van der Waals surface area (Å²) in [5.74, 6) is -1.28. The molecule has 3 heterocycles. The highest BCUT2D eigenvalue weighted by Gasteiger charge is 2.46. The van der Waals surface area contributed by atoms with Crippen LogP contribution in [0.3, 0.4) is 0 Å². The molecular formula is C24H24F3N5O4S. The number of amides is 1. The van der Waals surface area contributed by atoms with Crippen molar-refractivity contribution in [1.29, 1.82) is 5.26 Å². The van der Waals surface area contributed by atoms with Crippen molar-refractivity contribution in [2.24, 2.45) is 0 Å². The Morgan fingerprint density at radius 2 is 2.00 bits per heavy atom. The summed E-state index contributed by atoms with van der Waals surface area (Å²) in [6.07, 6.45) is -0.198. The van der Waals surface area contributed by atoms with Gasteiger partial charge in [0.05, 0.1) is 23.1 Å². The van der Waals surface area contributed by atoms with Crippen LogP contribution in [-0.4, -0.2) is 58.6 Å². The summed E-state index contributed by atoms with van der Waals surface area (Å²) in [6.45, 7) is 1.35. The standard InChI is InChI=1S/C24H24F3N5O4S/c1-14(24(25,26)27)32(15(2)33)37(34,35)18-8-9-21(30-13-18)22-20(12-28)19-5-4-10-29-23(19)31(22)16-6-7-17(11-16)36-3/h4-5,8-10,13-14,16-17H,6-7,11H2,1-3H3/t14-,16?,17?/m0/s1. The molecule has 196 valence electrons. The molecule has 0 N–H and O–H groups in total. The van der Waals surface area contributed by atoms with Crippen LogP contribution in [0.2, 0.25) is 0 Å². The number of rotatable bonds is 6. The lowest BCUT2D eigenvalue weighted by atomic mass is 10.1. The SMILES string of the molecule is COC1CCC(n2c(-c3ccc(S(=O)(=O)N(C(C)=O)[C@@H](C)C(F)(F)F)cn3)c(C#N)c3cccnc32)C1. The molecule has 4 rings (SSSR count). The minimum absolute atomic E-state index is 0.0261. The normalized spacial score (nSPS) is 19.1. The number of carbonyl (C=O) groups excluding carboxylic acids is 1. The molecule has 0 aromatic carbocycles. The molecule has 0 aliphatic heterocycles. The van der Waals surface area contributed by atoms with E-state index in [-0.39, 0.29) is 22.1 Å². The van der Waals surface area contributed by atoms with Gasteiger partial charge in [-0.05, 0) is 50.5 Å². The van der Waals surface area contributed by atoms with Crippen LogP contribution < -0.4 is 0 Å². The van der Waals surface area contributed by atoms with Gasteiger partial charge in [0.2, 0.25) is 5.91 Å². The average Bonchev–Trinajstić information content (AvgIpc) is 3.45. The van der Waals surface area contributed by atoms with E-state index in [1.165, 1.54) is 6.07 Å². The molecule has 1 saturated carbocycles. The van der Waals surface area contributed by atoms with Crippen molar-refractivity contribution >= 4 is 27.0 Å². The first-order valence-electron chi connectivity index (χ1n) is 11.4. The molecule has 13 heteroatoms. The minimum atomic E-state index is -4.96. The number of sulfonamides is 1. The van der Waals surface area contributed by atoms with Gasteiger partial charge in [-0.25, -0.2) is 17.7 Å². The summed E-state index contributed by atoms with van der Waals surface area (Å²) in [5.41, 5.74) is 1.53. The summed E-state index contributed by atoms with van der Waals surface area (Å²) >= 11 is 0. The average molecular weight is 536 g/mol. The van der Waals surface area contributed by atoms with Gasteiger partial charge in [0.25, 0.3) is 10.0 Å². The molecule has 2 unspecified atom stereocenters. The molecule has 0 bridgehead atoms. The van der Waals surface area contributed by atoms with Gasteiger partial charge in [0, 0.05) is 37.9 Å². The molecular weight excluding hydrogens is 511 g/mol. The molecule has 37 heavy (non-hydrogen) atoms. The number of nitrogens with zero attached hydrogens (tertiary/aromatic N) is 5. The van der Waals surface area contributed by atoms with Crippen molar-refractivity contribution in [3.63, 3.8) is 0 Å². The Labute approximate surface area is 211 Å². The number of aromatic nitrogens is 3. The third kappa shape index (κ3) is 4.67. The predicted molar refractivity (Wildman–Crippen MR) is 127 cm³/mol. The Kier molecular flexibility index (Phi) is 7.00. The Morgan fingerprint density at radius 3 is 2.54 bits per heavy atom. The van der Waals surface area contributed by atoms with Crippen LogP contribution in [0.4, 0.5) is 13.2 Å². The van der Waals surface area contributed by atoms with Gasteiger partial charge < -0.3 is 9.30 Å². The van der Waals surface area contributed by atoms with Crippen LogP contribution in [0.5, 0.6) is 0 Å². The Hall–Kier alpha value is -3.50. The quantitative estimate of drug-likeness (QED) is 0.464. The summed E-state index contributed by atoms with van der Waals surface area (Å²) < 4.78 is 73.1. The lowest BCUT2D eigenvalue weighted by Gasteiger charge is -2.28. The zero-order valence-electron chi connectivity index (χ0n) is 20.2. The van der Waals surface area contributed by atoms with Crippen LogP contribution in [0, 0.1) is 11.3 Å². The zero-order chi connectivity index (χ0) is 27.1. The van der Waals surface area contributed by atoms with Crippen LogP contribution in [0.1, 0.15) is 44.7 Å². The van der Waals surface area contributed by atoms with E-state index >= 15 is 0 Å². The van der Waals surface area contributed by atoms with Crippen LogP contribution in [0.25, 0.3) is 22.4 Å². The second-order valence-electron chi connectivity index (χ2n) is 8.82. The highest BCUT2D eigenvalue weighted by Crippen LogP contribution is 2.41. The van der Waals surface area contributed by atoms with Crippen molar-refractivity contribution in [3.8, 4) is 17.5 Å². The second-order valence-corrected chi connectivity index (χ2v) is 10.6. The number of ether oxygens (including phenoxy) is 1. The van der Waals surface area contributed by atoms with Gasteiger partial charge in [-0.1, -0.05) is 0 Å². The molecule has 9 nitrogen and oxygen atoms in total. The molecule has 3 aromatic rings. The monoisotopic (exact) mass is 535 g/mol. The highest BCUT2D eigenvalue weighted by molar-refractivity contribution is 7.89. The largest absolute Gasteiger partial charge is 0.409 e. The van der Waals surface area contributed by atoms with Crippen LogP contribution in [-0.2, 0) is 19.6 Å². The van der Waals surface area contributed by atoms with Gasteiger partial charge in [-0.2, -0.15) is 18.4 Å². The smallest absolute Gasteiger partial charge is 0.381 e. The maximum absolute atomic E-state index is 13.3. The van der Waals surface area contributed by atoms with Crippen molar-refractivity contribution in [1.82, 2.24) is 18.8 Å². The number of fused-ring (bicyclic) bond motifs is 1. The van der Waals surface area contributed by atoms with Crippen LogP contribution in [0.15, 0.2) is 41.6 Å². The number of hydrogen-bond donors (Lipinski definition) is 0. The molecule has 1 aliphatic carbocycles. The number of alkyl halides is 3. The first-order chi connectivity index (χ1) is 17.4. The van der Waals surface area contributed by atoms with Crippen molar-refractivity contribution in [2.75, 3.05) is 7.11 Å². The van der Waals surface area contributed by atoms with E-state index in [9.17, 15) is 31.6 Å². The number of carbonyl (C=O) groups is 1. The van der Waals surface area contributed by atoms with Crippen molar-refractivity contribution in [2.45, 2.75) is 62.4 Å². The number of pyridine rings is 2. The van der Waals surface area contributed by atoms with Crippen molar-refractivity contribution in [3.05, 3.63) is 42.2 Å². The number of halogens is 3. The third-order valence-corrected chi connectivity index (χ3v) is 8.53. The Bertz CT molecular complexity index is 1480. The lowest BCUT2D eigenvalue weighted by molar-refractivity contribution is -0.173. The fourth-order valence-electron chi connectivity index (χ4n) is 4.79. The van der Waals surface area contributed by atoms with E-state index in [0.717, 1.165) is 32.0 Å². The van der Waals surface area contributed by atoms with Crippen LogP contribution >= 0.6 is 0 Å². The maximum Gasteiger partial charge on any atom is 0.409 e. The van der Waals surface area contributed by atoms with Gasteiger partial charge in [-0.3, -0.25) is 9.78 Å². The maximum atomic E-state index is 13.3. The van der Waals surface area contributed by atoms with Gasteiger partial charge in [-0.15, -0.1) is 0 Å². The van der Waals surface area contributed by atoms with E-state index < -0.39 is 33.0 Å². The Balaban J connectivity index is 1.83. The van der Waals surface area contributed by atoms with E-state index in [4.69, 9.17) is 4.74 Å². The molecule has 1 aliphatic rings. The fourth-order valence-corrected chi connectivity index (χ4v) is 6.32. The lowest BCUT2D eigenvalue weighted by Crippen LogP contribution is -2.49. The summed E-state index contributed by atoms with van der Waals surface area (Å²) in [6, 6.07) is 5.41. The summed E-state index contributed by atoms with van der Waals surface area (Å²) in [5, 5.41) is 10.6. The fraction of sp³-hybridized carbons (Fsp3) is 0.417. The predicted octanol–water partition coefficient (Wildman–Crippen LogP) is 4.20. The first-order valence-corrected chi connectivity index (χ1v) is 12.9. The highest BCUT2D eigenvalue weighted by atomic mass is 32.2. The van der Waals surface area contributed by atoms with Gasteiger partial charge in [0.1, 0.15) is 22.7 Å². The van der Waals surface area contributed by atoms with Gasteiger partial charge in [0.15, 0.2) is 0 Å². The molecule has 1 amide bonds. The molecule has 0 saturated heterocycles. The topological polar surface area (TPSA) is 118 Å². The van der Waals surface area contributed by atoms with E-state index in [1.54, 1.807) is 25.4 Å². The number of methoxy groups -OCH3 is 1.